The number of carboxylic acid groups (broad SMARTS) is 1. The maximum Gasteiger partial charge on any atom is 0.320 e. The van der Waals surface area contributed by atoms with Crippen molar-refractivity contribution in [3.8, 4) is 0 Å². The highest BCUT2D eigenvalue weighted by Gasteiger charge is 2.13. The number of nitrogens with two attached hydrogens (primary N) is 1. The van der Waals surface area contributed by atoms with E-state index in [9.17, 15) is 4.79 Å². The standard InChI is InChI=1S/C14H19Cl2NO2/c15-7-5-12(6-8-16)11-3-1-10(2-4-11)9-13(17)14(18)19/h1-4,12-13H,5-9,17H2,(H,18,19)/t13-/m0/s1. The Bertz CT molecular complexity index is 389. The molecule has 1 aromatic rings. The smallest absolute Gasteiger partial charge is 0.320 e. The Balaban J connectivity index is 2.71. The number of aliphatic carboxylic acids is 1. The molecule has 1 atom stereocenters. The lowest BCUT2D eigenvalue weighted by Crippen LogP contribution is -2.32. The van der Waals surface area contributed by atoms with Crippen molar-refractivity contribution in [3.05, 3.63) is 35.4 Å². The van der Waals surface area contributed by atoms with Crippen molar-refractivity contribution in [3.63, 3.8) is 0 Å². The van der Waals surface area contributed by atoms with Crippen LogP contribution in [0.4, 0.5) is 0 Å². The first-order chi connectivity index (χ1) is 9.08. The minimum atomic E-state index is -0.980. The summed E-state index contributed by atoms with van der Waals surface area (Å²) in [7, 11) is 0. The van der Waals surface area contributed by atoms with E-state index >= 15 is 0 Å². The van der Waals surface area contributed by atoms with Gasteiger partial charge in [-0.3, -0.25) is 4.79 Å². The highest BCUT2D eigenvalue weighted by molar-refractivity contribution is 6.18. The van der Waals surface area contributed by atoms with Gasteiger partial charge in [0, 0.05) is 11.8 Å². The Morgan fingerprint density at radius 3 is 2.11 bits per heavy atom. The molecule has 0 bridgehead atoms. The van der Waals surface area contributed by atoms with Crippen LogP contribution in [0.1, 0.15) is 29.9 Å². The zero-order chi connectivity index (χ0) is 14.3. The van der Waals surface area contributed by atoms with E-state index in [0.29, 0.717) is 24.1 Å². The van der Waals surface area contributed by atoms with Crippen LogP contribution in [0.2, 0.25) is 0 Å². The van der Waals surface area contributed by atoms with Gasteiger partial charge in [-0.2, -0.15) is 0 Å². The number of halogens is 2. The fourth-order valence-corrected chi connectivity index (χ4v) is 2.54. The summed E-state index contributed by atoms with van der Waals surface area (Å²) in [5, 5.41) is 8.77. The first-order valence-electron chi connectivity index (χ1n) is 6.27. The second kappa shape index (κ2) is 8.41. The number of rotatable bonds is 8. The van der Waals surface area contributed by atoms with Crippen molar-refractivity contribution in [2.45, 2.75) is 31.2 Å². The van der Waals surface area contributed by atoms with Gasteiger partial charge in [0.15, 0.2) is 0 Å². The predicted molar refractivity (Wildman–Crippen MR) is 79.2 cm³/mol. The van der Waals surface area contributed by atoms with Gasteiger partial charge < -0.3 is 10.8 Å². The summed E-state index contributed by atoms with van der Waals surface area (Å²) >= 11 is 11.6. The molecular formula is C14H19Cl2NO2. The van der Waals surface area contributed by atoms with Gasteiger partial charge in [-0.05, 0) is 36.3 Å². The van der Waals surface area contributed by atoms with Crippen LogP contribution < -0.4 is 5.73 Å². The number of carboxylic acids is 1. The zero-order valence-electron chi connectivity index (χ0n) is 10.7. The van der Waals surface area contributed by atoms with E-state index < -0.39 is 12.0 Å². The lowest BCUT2D eigenvalue weighted by Gasteiger charge is -2.15. The highest BCUT2D eigenvalue weighted by atomic mass is 35.5. The summed E-state index contributed by atoms with van der Waals surface area (Å²) in [6.45, 7) is 0. The van der Waals surface area contributed by atoms with Crippen molar-refractivity contribution in [2.75, 3.05) is 11.8 Å². The molecule has 0 aromatic heterocycles. The van der Waals surface area contributed by atoms with E-state index in [2.05, 4.69) is 0 Å². The van der Waals surface area contributed by atoms with Crippen molar-refractivity contribution in [2.24, 2.45) is 5.73 Å². The summed E-state index contributed by atoms with van der Waals surface area (Å²) in [6, 6.07) is 7.01. The van der Waals surface area contributed by atoms with Gasteiger partial charge in [0.05, 0.1) is 0 Å². The van der Waals surface area contributed by atoms with Crippen LogP contribution in [-0.4, -0.2) is 28.9 Å². The molecular weight excluding hydrogens is 285 g/mol. The average molecular weight is 304 g/mol. The van der Waals surface area contributed by atoms with Gasteiger partial charge >= 0.3 is 5.97 Å². The minimum absolute atomic E-state index is 0.339. The Labute approximate surface area is 123 Å². The number of carbonyl (C=O) groups is 1. The fraction of sp³-hybridized carbons (Fsp3) is 0.500. The van der Waals surface area contributed by atoms with Crippen molar-refractivity contribution in [1.29, 1.82) is 0 Å². The van der Waals surface area contributed by atoms with Crippen LogP contribution in [0.15, 0.2) is 24.3 Å². The van der Waals surface area contributed by atoms with E-state index in [1.54, 1.807) is 0 Å². The third-order valence-electron chi connectivity index (χ3n) is 3.14. The van der Waals surface area contributed by atoms with Crippen LogP contribution in [0.5, 0.6) is 0 Å². The molecule has 0 unspecified atom stereocenters. The first-order valence-corrected chi connectivity index (χ1v) is 7.34. The van der Waals surface area contributed by atoms with E-state index in [-0.39, 0.29) is 0 Å². The molecule has 0 aliphatic heterocycles. The molecule has 5 heteroatoms. The SMILES string of the molecule is N[C@@H](Cc1ccc(C(CCCl)CCCl)cc1)C(=O)O. The lowest BCUT2D eigenvalue weighted by atomic mass is 9.92. The molecule has 0 fully saturated rings. The normalized spacial score (nSPS) is 12.6. The highest BCUT2D eigenvalue weighted by Crippen LogP contribution is 2.25. The van der Waals surface area contributed by atoms with E-state index in [1.165, 1.54) is 5.56 Å². The van der Waals surface area contributed by atoms with Gasteiger partial charge in [0.1, 0.15) is 6.04 Å². The van der Waals surface area contributed by atoms with Crippen molar-refractivity contribution < 1.29 is 9.90 Å². The fourth-order valence-electron chi connectivity index (χ4n) is 2.01. The molecule has 19 heavy (non-hydrogen) atoms. The monoisotopic (exact) mass is 303 g/mol. The molecule has 0 heterocycles. The van der Waals surface area contributed by atoms with Crippen LogP contribution in [0, 0.1) is 0 Å². The first kappa shape index (κ1) is 16.3. The number of benzene rings is 1. The molecule has 0 saturated heterocycles. The average Bonchev–Trinajstić information content (AvgIpc) is 2.39. The van der Waals surface area contributed by atoms with Crippen LogP contribution in [-0.2, 0) is 11.2 Å². The number of hydrogen-bond donors (Lipinski definition) is 2. The quantitative estimate of drug-likeness (QED) is 0.726. The van der Waals surface area contributed by atoms with Crippen LogP contribution >= 0.6 is 23.2 Å². The third kappa shape index (κ3) is 5.39. The predicted octanol–water partition coefficient (Wildman–Crippen LogP) is 2.98. The molecule has 0 aliphatic carbocycles. The Morgan fingerprint density at radius 2 is 1.68 bits per heavy atom. The Morgan fingerprint density at radius 1 is 1.16 bits per heavy atom. The Kier molecular flexibility index (Phi) is 7.21. The van der Waals surface area contributed by atoms with Crippen molar-refractivity contribution >= 4 is 29.2 Å². The largest absolute Gasteiger partial charge is 0.480 e. The summed E-state index contributed by atoms with van der Waals surface area (Å²) in [4.78, 5) is 10.7. The molecule has 0 amide bonds. The molecule has 3 nitrogen and oxygen atoms in total. The van der Waals surface area contributed by atoms with Crippen LogP contribution in [0.25, 0.3) is 0 Å². The zero-order valence-corrected chi connectivity index (χ0v) is 12.2. The maximum atomic E-state index is 10.7. The molecule has 0 saturated carbocycles. The van der Waals surface area contributed by atoms with Crippen LogP contribution in [0.3, 0.4) is 0 Å². The van der Waals surface area contributed by atoms with E-state index in [1.807, 2.05) is 24.3 Å². The van der Waals surface area contributed by atoms with Gasteiger partial charge in [-0.1, -0.05) is 24.3 Å². The molecule has 1 aromatic carbocycles. The minimum Gasteiger partial charge on any atom is -0.480 e. The summed E-state index contributed by atoms with van der Waals surface area (Å²) in [5.41, 5.74) is 7.62. The second-order valence-electron chi connectivity index (χ2n) is 4.54. The summed E-state index contributed by atoms with van der Waals surface area (Å²) in [6.07, 6.45) is 2.12. The molecule has 1 rings (SSSR count). The molecule has 106 valence electrons. The number of hydrogen-bond acceptors (Lipinski definition) is 2. The summed E-state index contributed by atoms with van der Waals surface area (Å²) < 4.78 is 0. The third-order valence-corrected chi connectivity index (χ3v) is 3.58. The van der Waals surface area contributed by atoms with E-state index in [0.717, 1.165) is 18.4 Å². The molecule has 0 aliphatic rings. The molecule has 3 N–H and O–H groups in total. The van der Waals surface area contributed by atoms with Gasteiger partial charge in [0.2, 0.25) is 0 Å². The summed E-state index contributed by atoms with van der Waals surface area (Å²) in [5.74, 6) is 0.587. The topological polar surface area (TPSA) is 63.3 Å². The molecule has 0 radical (unpaired) electrons. The van der Waals surface area contributed by atoms with Crippen molar-refractivity contribution in [1.82, 2.24) is 0 Å². The second-order valence-corrected chi connectivity index (χ2v) is 5.30. The Hall–Kier alpha value is -0.770. The molecule has 0 spiro atoms. The number of alkyl halides is 2. The maximum absolute atomic E-state index is 10.7. The van der Waals surface area contributed by atoms with Gasteiger partial charge in [-0.25, -0.2) is 0 Å². The van der Waals surface area contributed by atoms with Gasteiger partial charge in [-0.15, -0.1) is 23.2 Å². The lowest BCUT2D eigenvalue weighted by molar-refractivity contribution is -0.138. The van der Waals surface area contributed by atoms with E-state index in [4.69, 9.17) is 34.0 Å². The van der Waals surface area contributed by atoms with Gasteiger partial charge in [0.25, 0.3) is 0 Å².